The second kappa shape index (κ2) is 12.6. The minimum Gasteiger partial charge on any atom is -0.379 e. The van der Waals surface area contributed by atoms with E-state index in [0.717, 1.165) is 90.0 Å². The van der Waals surface area contributed by atoms with Gasteiger partial charge in [-0.2, -0.15) is 5.10 Å². The molecule has 2 aromatic carbocycles. The van der Waals surface area contributed by atoms with Crippen LogP contribution in [0.1, 0.15) is 5.56 Å². The van der Waals surface area contributed by atoms with E-state index >= 15 is 0 Å². The van der Waals surface area contributed by atoms with Crippen molar-refractivity contribution in [3.05, 3.63) is 60.2 Å². The summed E-state index contributed by atoms with van der Waals surface area (Å²) in [5, 5.41) is 4.36. The van der Waals surface area contributed by atoms with Crippen molar-refractivity contribution in [3.63, 3.8) is 0 Å². The van der Waals surface area contributed by atoms with E-state index in [2.05, 4.69) is 49.5 Å². The molecule has 2 fully saturated rings. The van der Waals surface area contributed by atoms with Crippen molar-refractivity contribution >= 4 is 17.6 Å². The molecule has 2 heterocycles. The first-order valence-electron chi connectivity index (χ1n) is 11.7. The van der Waals surface area contributed by atoms with Crippen LogP contribution in [0.2, 0.25) is 0 Å². The monoisotopic (exact) mass is 437 g/mol. The Balaban J connectivity index is 1.34. The molecule has 32 heavy (non-hydrogen) atoms. The number of morpholine rings is 2. The fourth-order valence-electron chi connectivity index (χ4n) is 4.01. The highest BCUT2D eigenvalue weighted by atomic mass is 16.5. The summed E-state index contributed by atoms with van der Waals surface area (Å²) in [4.78, 5) is 7.51. The standard InChI is InChI=1S/C25H35N5O2/c1-2-4-24(5-3-1)27-26-22-23-6-8-25(9-7-23)30(12-10-28-14-18-31-19-15-28)13-11-29-16-20-32-21-17-29/h1-9,22,27H,10-21H2/b26-22+. The van der Waals surface area contributed by atoms with Crippen LogP contribution < -0.4 is 10.3 Å². The van der Waals surface area contributed by atoms with Crippen molar-refractivity contribution in [2.45, 2.75) is 0 Å². The molecule has 2 aromatic rings. The van der Waals surface area contributed by atoms with E-state index in [9.17, 15) is 0 Å². The first kappa shape index (κ1) is 22.7. The molecule has 0 radical (unpaired) electrons. The van der Waals surface area contributed by atoms with Crippen LogP contribution >= 0.6 is 0 Å². The van der Waals surface area contributed by atoms with E-state index in [1.165, 1.54) is 5.69 Å². The highest BCUT2D eigenvalue weighted by molar-refractivity contribution is 5.81. The summed E-state index contributed by atoms with van der Waals surface area (Å²) >= 11 is 0. The minimum atomic E-state index is 0.846. The average molecular weight is 438 g/mol. The van der Waals surface area contributed by atoms with Gasteiger partial charge in [0.2, 0.25) is 0 Å². The lowest BCUT2D eigenvalue weighted by atomic mass is 10.2. The molecule has 0 amide bonds. The zero-order chi connectivity index (χ0) is 21.8. The van der Waals surface area contributed by atoms with E-state index in [0.29, 0.717) is 0 Å². The van der Waals surface area contributed by atoms with E-state index in [1.807, 2.05) is 36.5 Å². The highest BCUT2D eigenvalue weighted by Gasteiger charge is 2.15. The van der Waals surface area contributed by atoms with Crippen LogP contribution in [-0.4, -0.2) is 94.8 Å². The topological polar surface area (TPSA) is 52.6 Å². The lowest BCUT2D eigenvalue weighted by molar-refractivity contribution is 0.0368. The fraction of sp³-hybridized carbons (Fsp3) is 0.480. The molecular formula is C25H35N5O2. The minimum absolute atomic E-state index is 0.846. The summed E-state index contributed by atoms with van der Waals surface area (Å²) in [5.74, 6) is 0. The zero-order valence-electron chi connectivity index (χ0n) is 18.9. The molecule has 4 rings (SSSR count). The summed E-state index contributed by atoms with van der Waals surface area (Å²) < 4.78 is 11.0. The molecule has 1 N–H and O–H groups in total. The Labute approximate surface area is 191 Å². The Kier molecular flexibility index (Phi) is 8.92. The maximum Gasteiger partial charge on any atom is 0.0594 e. The molecule has 0 saturated carbocycles. The number of nitrogens with zero attached hydrogens (tertiary/aromatic N) is 4. The van der Waals surface area contributed by atoms with Crippen LogP contribution in [0.4, 0.5) is 11.4 Å². The summed E-state index contributed by atoms with van der Waals surface area (Å²) in [5.41, 5.74) is 6.40. The van der Waals surface area contributed by atoms with Gasteiger partial charge in [-0.1, -0.05) is 30.3 Å². The summed E-state index contributed by atoms with van der Waals surface area (Å²) in [6.45, 7) is 11.7. The third kappa shape index (κ3) is 7.31. The second-order valence-corrected chi connectivity index (χ2v) is 8.22. The summed E-state index contributed by atoms with van der Waals surface area (Å²) in [6, 6.07) is 18.7. The van der Waals surface area contributed by atoms with Crippen molar-refractivity contribution in [2.75, 3.05) is 89.1 Å². The van der Waals surface area contributed by atoms with E-state index < -0.39 is 0 Å². The van der Waals surface area contributed by atoms with Crippen LogP contribution in [0.15, 0.2) is 59.7 Å². The van der Waals surface area contributed by atoms with E-state index in [1.54, 1.807) is 0 Å². The number of anilines is 2. The van der Waals surface area contributed by atoms with Crippen molar-refractivity contribution < 1.29 is 9.47 Å². The van der Waals surface area contributed by atoms with Gasteiger partial charge in [0, 0.05) is 58.0 Å². The SMILES string of the molecule is C(=N\Nc1ccccc1)/c1ccc(N(CCN2CCOCC2)CCN2CCOCC2)cc1. The summed E-state index contributed by atoms with van der Waals surface area (Å²) in [7, 11) is 0. The van der Waals surface area contributed by atoms with Gasteiger partial charge >= 0.3 is 0 Å². The quantitative estimate of drug-likeness (QED) is 0.456. The Morgan fingerprint density at radius 2 is 1.34 bits per heavy atom. The Hall–Kier alpha value is -2.45. The molecule has 0 atom stereocenters. The van der Waals surface area contributed by atoms with Gasteiger partial charge in [-0.15, -0.1) is 0 Å². The largest absolute Gasteiger partial charge is 0.379 e. The maximum atomic E-state index is 5.50. The van der Waals surface area contributed by atoms with Gasteiger partial charge < -0.3 is 14.4 Å². The van der Waals surface area contributed by atoms with Crippen molar-refractivity contribution in [2.24, 2.45) is 5.10 Å². The molecule has 0 aliphatic carbocycles. The van der Waals surface area contributed by atoms with Crippen molar-refractivity contribution in [3.8, 4) is 0 Å². The number of para-hydroxylation sites is 1. The summed E-state index contributed by atoms with van der Waals surface area (Å²) in [6.07, 6.45) is 1.86. The first-order valence-corrected chi connectivity index (χ1v) is 11.7. The van der Waals surface area contributed by atoms with Gasteiger partial charge in [0.15, 0.2) is 0 Å². The smallest absolute Gasteiger partial charge is 0.0594 e. The van der Waals surface area contributed by atoms with Gasteiger partial charge in [-0.3, -0.25) is 15.2 Å². The molecule has 7 nitrogen and oxygen atoms in total. The van der Waals surface area contributed by atoms with Crippen LogP contribution in [-0.2, 0) is 9.47 Å². The van der Waals surface area contributed by atoms with Gasteiger partial charge in [-0.05, 0) is 29.8 Å². The van der Waals surface area contributed by atoms with Gasteiger partial charge in [0.25, 0.3) is 0 Å². The number of ether oxygens (including phenoxy) is 2. The lowest BCUT2D eigenvalue weighted by Gasteiger charge is -2.33. The van der Waals surface area contributed by atoms with E-state index in [-0.39, 0.29) is 0 Å². The predicted molar refractivity (Wildman–Crippen MR) is 131 cm³/mol. The van der Waals surface area contributed by atoms with Crippen LogP contribution in [0.5, 0.6) is 0 Å². The Morgan fingerprint density at radius 1 is 0.781 bits per heavy atom. The third-order valence-electron chi connectivity index (χ3n) is 6.02. The van der Waals surface area contributed by atoms with E-state index in [4.69, 9.17) is 9.47 Å². The molecular weight excluding hydrogens is 402 g/mol. The third-order valence-corrected chi connectivity index (χ3v) is 6.02. The predicted octanol–water partition coefficient (Wildman–Crippen LogP) is 2.60. The number of hydrogen-bond acceptors (Lipinski definition) is 7. The van der Waals surface area contributed by atoms with Crippen molar-refractivity contribution in [1.82, 2.24) is 9.80 Å². The lowest BCUT2D eigenvalue weighted by Crippen LogP contribution is -2.45. The van der Waals surface area contributed by atoms with Gasteiger partial charge in [-0.25, -0.2) is 0 Å². The molecule has 2 aliphatic rings. The molecule has 0 spiro atoms. The maximum absolute atomic E-state index is 5.50. The number of benzene rings is 2. The fourth-order valence-corrected chi connectivity index (χ4v) is 4.01. The van der Waals surface area contributed by atoms with Gasteiger partial charge in [0.1, 0.15) is 0 Å². The number of nitrogens with one attached hydrogen (secondary N) is 1. The van der Waals surface area contributed by atoms with Crippen LogP contribution in [0.3, 0.4) is 0 Å². The zero-order valence-corrected chi connectivity index (χ0v) is 18.9. The molecule has 2 aliphatic heterocycles. The first-order chi connectivity index (χ1) is 15.9. The average Bonchev–Trinajstić information content (AvgIpc) is 2.87. The number of hydrazone groups is 1. The number of rotatable bonds is 10. The highest BCUT2D eigenvalue weighted by Crippen LogP contribution is 2.16. The van der Waals surface area contributed by atoms with Crippen LogP contribution in [0.25, 0.3) is 0 Å². The van der Waals surface area contributed by atoms with Crippen LogP contribution in [0, 0.1) is 0 Å². The molecule has 0 aromatic heterocycles. The number of hydrogen-bond donors (Lipinski definition) is 1. The van der Waals surface area contributed by atoms with Gasteiger partial charge in [0.05, 0.1) is 38.3 Å². The normalized spacial score (nSPS) is 18.1. The molecule has 172 valence electrons. The van der Waals surface area contributed by atoms with Crippen molar-refractivity contribution in [1.29, 1.82) is 0 Å². The Bertz CT molecular complexity index is 781. The molecule has 0 bridgehead atoms. The second-order valence-electron chi connectivity index (χ2n) is 8.22. The Morgan fingerprint density at radius 3 is 1.91 bits per heavy atom. The molecule has 2 saturated heterocycles. The molecule has 0 unspecified atom stereocenters. The molecule has 7 heteroatoms.